The molecule has 1 heterocycles. The van der Waals surface area contributed by atoms with Crippen molar-refractivity contribution in [3.8, 4) is 0 Å². The van der Waals surface area contributed by atoms with Gasteiger partial charge >= 0.3 is 5.97 Å². The van der Waals surface area contributed by atoms with Crippen molar-refractivity contribution in [2.24, 2.45) is 17.8 Å². The van der Waals surface area contributed by atoms with Gasteiger partial charge in [0.1, 0.15) is 5.25 Å². The van der Waals surface area contributed by atoms with Crippen molar-refractivity contribution in [3.05, 3.63) is 0 Å². The number of carboxylic acids is 1. The van der Waals surface area contributed by atoms with E-state index >= 15 is 0 Å². The molecule has 25 heavy (non-hydrogen) atoms. The molecule has 144 valence electrons. The highest BCUT2D eigenvalue weighted by Crippen LogP contribution is 2.31. The minimum Gasteiger partial charge on any atom is -0.481 e. The van der Waals surface area contributed by atoms with E-state index in [1.54, 1.807) is 13.8 Å². The van der Waals surface area contributed by atoms with Crippen molar-refractivity contribution in [2.75, 3.05) is 13.1 Å². The van der Waals surface area contributed by atoms with Gasteiger partial charge in [0.2, 0.25) is 5.91 Å². The van der Waals surface area contributed by atoms with E-state index in [0.29, 0.717) is 25.8 Å². The summed E-state index contributed by atoms with van der Waals surface area (Å²) in [5.74, 6) is -2.19. The molecule has 0 aromatic heterocycles. The van der Waals surface area contributed by atoms with Crippen LogP contribution >= 0.6 is 0 Å². The summed E-state index contributed by atoms with van der Waals surface area (Å²) in [6.07, 6.45) is 4.63. The SMILES string of the molecule is CC1CC(C(=O)O)CN(C(=O)C(C(C)C)S(=O)(=O)C2CCCCC2)C1. The Hall–Kier alpha value is -1.11. The molecule has 2 fully saturated rings. The van der Waals surface area contributed by atoms with Gasteiger partial charge in [-0.05, 0) is 31.1 Å². The molecule has 0 radical (unpaired) electrons. The number of likely N-dealkylation sites (tertiary alicyclic amines) is 1. The fourth-order valence-electron chi connectivity index (χ4n) is 4.30. The van der Waals surface area contributed by atoms with Gasteiger partial charge in [0.15, 0.2) is 9.84 Å². The molecular formula is C18H31NO5S. The molecule has 1 amide bonds. The topological polar surface area (TPSA) is 91.8 Å². The van der Waals surface area contributed by atoms with Gasteiger partial charge in [-0.15, -0.1) is 0 Å². The van der Waals surface area contributed by atoms with Crippen LogP contribution in [0, 0.1) is 17.8 Å². The lowest BCUT2D eigenvalue weighted by Gasteiger charge is -2.38. The molecule has 1 saturated heterocycles. The Kier molecular flexibility index (Phi) is 6.51. The molecule has 0 aromatic rings. The minimum absolute atomic E-state index is 0.0593. The van der Waals surface area contributed by atoms with E-state index in [0.717, 1.165) is 19.3 Å². The van der Waals surface area contributed by atoms with Gasteiger partial charge in [-0.3, -0.25) is 9.59 Å². The molecule has 1 N–H and O–H groups in total. The number of piperidine rings is 1. The third kappa shape index (κ3) is 4.54. The second-order valence-corrected chi connectivity index (χ2v) is 10.5. The first-order valence-corrected chi connectivity index (χ1v) is 11.0. The zero-order chi connectivity index (χ0) is 18.8. The lowest BCUT2D eigenvalue weighted by Crippen LogP contribution is -2.53. The summed E-state index contributed by atoms with van der Waals surface area (Å²) in [6, 6.07) is 0. The molecular weight excluding hydrogens is 342 g/mol. The summed E-state index contributed by atoms with van der Waals surface area (Å²) >= 11 is 0. The van der Waals surface area contributed by atoms with Gasteiger partial charge in [-0.25, -0.2) is 8.42 Å². The Morgan fingerprint density at radius 3 is 2.20 bits per heavy atom. The maximum absolute atomic E-state index is 13.1. The number of sulfone groups is 1. The summed E-state index contributed by atoms with van der Waals surface area (Å²) in [5, 5.41) is 7.82. The highest BCUT2D eigenvalue weighted by atomic mass is 32.2. The van der Waals surface area contributed by atoms with E-state index in [1.165, 1.54) is 4.90 Å². The van der Waals surface area contributed by atoms with E-state index in [2.05, 4.69) is 0 Å². The lowest BCUT2D eigenvalue weighted by molar-refractivity contribution is -0.146. The van der Waals surface area contributed by atoms with Crippen LogP contribution < -0.4 is 0 Å². The average Bonchev–Trinajstić information content (AvgIpc) is 2.54. The van der Waals surface area contributed by atoms with Gasteiger partial charge < -0.3 is 10.0 Å². The summed E-state index contributed by atoms with van der Waals surface area (Å²) in [6.45, 7) is 6.00. The van der Waals surface area contributed by atoms with Crippen LogP contribution in [0.2, 0.25) is 0 Å². The zero-order valence-electron chi connectivity index (χ0n) is 15.5. The van der Waals surface area contributed by atoms with Crippen LogP contribution in [0.5, 0.6) is 0 Å². The van der Waals surface area contributed by atoms with Gasteiger partial charge in [0.05, 0.1) is 11.2 Å². The maximum Gasteiger partial charge on any atom is 0.308 e. The molecule has 2 aliphatic rings. The molecule has 7 heteroatoms. The highest BCUT2D eigenvalue weighted by molar-refractivity contribution is 7.93. The normalized spacial score (nSPS) is 27.3. The molecule has 6 nitrogen and oxygen atoms in total. The Balaban J connectivity index is 2.23. The first-order chi connectivity index (χ1) is 11.6. The van der Waals surface area contributed by atoms with Crippen LogP contribution in [0.1, 0.15) is 59.3 Å². The highest BCUT2D eigenvalue weighted by Gasteiger charge is 2.44. The predicted molar refractivity (Wildman–Crippen MR) is 95.9 cm³/mol. The van der Waals surface area contributed by atoms with E-state index in [4.69, 9.17) is 0 Å². The monoisotopic (exact) mass is 373 g/mol. The van der Waals surface area contributed by atoms with Crippen molar-refractivity contribution < 1.29 is 23.1 Å². The van der Waals surface area contributed by atoms with E-state index in [1.807, 2.05) is 6.92 Å². The van der Waals surface area contributed by atoms with Gasteiger partial charge in [-0.2, -0.15) is 0 Å². The van der Waals surface area contributed by atoms with Gasteiger partial charge in [0.25, 0.3) is 0 Å². The van der Waals surface area contributed by atoms with E-state index in [-0.39, 0.29) is 18.4 Å². The zero-order valence-corrected chi connectivity index (χ0v) is 16.3. The van der Waals surface area contributed by atoms with Crippen LogP contribution in [0.25, 0.3) is 0 Å². The summed E-state index contributed by atoms with van der Waals surface area (Å²) in [4.78, 5) is 25.9. The largest absolute Gasteiger partial charge is 0.481 e. The Bertz CT molecular complexity index is 595. The van der Waals surface area contributed by atoms with Crippen molar-refractivity contribution in [1.29, 1.82) is 0 Å². The molecule has 1 aliphatic heterocycles. The number of carbonyl (C=O) groups excluding carboxylic acids is 1. The molecule has 0 spiro atoms. The summed E-state index contributed by atoms with van der Waals surface area (Å²) < 4.78 is 26.3. The van der Waals surface area contributed by atoms with Crippen LogP contribution in [-0.4, -0.2) is 53.9 Å². The number of aliphatic carboxylic acids is 1. The van der Waals surface area contributed by atoms with Crippen LogP contribution in [-0.2, 0) is 19.4 Å². The standard InChI is InChI=1S/C18H31NO5S/c1-12(2)16(25(23,24)15-7-5-4-6-8-15)17(20)19-10-13(3)9-14(11-19)18(21)22/h12-16H,4-11H2,1-3H3,(H,21,22). The number of carboxylic acid groups (broad SMARTS) is 1. The number of rotatable bonds is 5. The Morgan fingerprint density at radius 2 is 1.68 bits per heavy atom. The quantitative estimate of drug-likeness (QED) is 0.798. The first kappa shape index (κ1) is 20.2. The average molecular weight is 374 g/mol. The molecule has 1 aliphatic carbocycles. The third-order valence-corrected chi connectivity index (χ3v) is 8.39. The Labute approximate surface area is 150 Å². The fourth-order valence-corrected chi connectivity index (χ4v) is 6.89. The molecule has 3 unspecified atom stereocenters. The Morgan fingerprint density at radius 1 is 1.08 bits per heavy atom. The minimum atomic E-state index is -3.57. The second-order valence-electron chi connectivity index (χ2n) is 8.13. The second kappa shape index (κ2) is 8.06. The van der Waals surface area contributed by atoms with Crippen molar-refractivity contribution in [3.63, 3.8) is 0 Å². The van der Waals surface area contributed by atoms with Gasteiger partial charge in [-0.1, -0.05) is 40.0 Å². The predicted octanol–water partition coefficient (Wildman–Crippen LogP) is 2.33. The molecule has 0 bridgehead atoms. The number of hydrogen-bond donors (Lipinski definition) is 1. The van der Waals surface area contributed by atoms with Crippen molar-refractivity contribution in [2.45, 2.75) is 69.8 Å². The summed E-state index contributed by atoms with van der Waals surface area (Å²) in [5.41, 5.74) is 0. The van der Waals surface area contributed by atoms with Crippen LogP contribution in [0.3, 0.4) is 0 Å². The maximum atomic E-state index is 13.1. The van der Waals surface area contributed by atoms with Crippen LogP contribution in [0.15, 0.2) is 0 Å². The van der Waals surface area contributed by atoms with Gasteiger partial charge in [0, 0.05) is 13.1 Å². The molecule has 1 saturated carbocycles. The number of amides is 1. The van der Waals surface area contributed by atoms with E-state index in [9.17, 15) is 23.1 Å². The number of hydrogen-bond acceptors (Lipinski definition) is 4. The molecule has 3 atom stereocenters. The fraction of sp³-hybridized carbons (Fsp3) is 0.889. The van der Waals surface area contributed by atoms with E-state index < -0.39 is 38.1 Å². The smallest absolute Gasteiger partial charge is 0.308 e. The number of nitrogens with zero attached hydrogens (tertiary/aromatic N) is 1. The lowest BCUT2D eigenvalue weighted by atomic mass is 9.90. The number of carbonyl (C=O) groups is 2. The first-order valence-electron chi connectivity index (χ1n) is 9.38. The molecule has 0 aromatic carbocycles. The summed E-state index contributed by atoms with van der Waals surface area (Å²) in [7, 11) is -3.57. The van der Waals surface area contributed by atoms with Crippen molar-refractivity contribution >= 4 is 21.7 Å². The van der Waals surface area contributed by atoms with Crippen molar-refractivity contribution in [1.82, 2.24) is 4.90 Å². The third-order valence-electron chi connectivity index (χ3n) is 5.54. The van der Waals surface area contributed by atoms with Crippen LogP contribution in [0.4, 0.5) is 0 Å². The molecule has 2 rings (SSSR count).